The van der Waals surface area contributed by atoms with Gasteiger partial charge >= 0.3 is 0 Å². The summed E-state index contributed by atoms with van der Waals surface area (Å²) < 4.78 is 37.5. The highest BCUT2D eigenvalue weighted by atomic mass is 32.2. The highest BCUT2D eigenvalue weighted by Crippen LogP contribution is 2.32. The largest absolute Gasteiger partial charge is 0.467 e. The van der Waals surface area contributed by atoms with Crippen LogP contribution in [0.25, 0.3) is 11.5 Å². The summed E-state index contributed by atoms with van der Waals surface area (Å²) >= 11 is 0. The molecule has 0 aliphatic rings. The molecule has 142 valence electrons. The van der Waals surface area contributed by atoms with E-state index in [1.54, 1.807) is 42.7 Å². The first-order valence-electron chi connectivity index (χ1n) is 8.68. The number of furan rings is 1. The number of benzene rings is 2. The van der Waals surface area contributed by atoms with Crippen LogP contribution in [0.1, 0.15) is 11.3 Å². The van der Waals surface area contributed by atoms with Crippen molar-refractivity contribution in [2.75, 3.05) is 5.32 Å². The molecule has 6 nitrogen and oxygen atoms in total. The quantitative estimate of drug-likeness (QED) is 0.511. The van der Waals surface area contributed by atoms with Gasteiger partial charge in [0.15, 0.2) is 0 Å². The molecule has 0 fully saturated rings. The fraction of sp³-hybridized carbons (Fsp3) is 0.0952. The Morgan fingerprint density at radius 2 is 1.71 bits per heavy atom. The van der Waals surface area contributed by atoms with E-state index in [-0.39, 0.29) is 28.2 Å². The number of hydrogen-bond acceptors (Lipinski definition) is 6. The Morgan fingerprint density at radius 1 is 0.964 bits per heavy atom. The maximum absolute atomic E-state index is 13.2. The molecule has 2 aromatic carbocycles. The molecule has 0 spiro atoms. The standard InChI is InChI=1S/C21H18N2O4S/c1-15-9-11-18(12-10-15)28(24,25)21-20(22-14-17-8-5-13-26-17)27-19(23-21)16-6-3-2-4-7-16/h2-13,22H,14H2,1H3. The van der Waals surface area contributed by atoms with Crippen molar-refractivity contribution in [1.29, 1.82) is 0 Å². The molecule has 1 N–H and O–H groups in total. The molecular weight excluding hydrogens is 376 g/mol. The predicted molar refractivity (Wildman–Crippen MR) is 105 cm³/mol. The number of oxazole rings is 1. The normalized spacial score (nSPS) is 11.5. The van der Waals surface area contributed by atoms with E-state index in [4.69, 9.17) is 8.83 Å². The number of aromatic nitrogens is 1. The summed E-state index contributed by atoms with van der Waals surface area (Å²) in [5, 5.41) is 2.84. The zero-order valence-electron chi connectivity index (χ0n) is 15.1. The number of aryl methyl sites for hydroxylation is 1. The van der Waals surface area contributed by atoms with Crippen molar-refractivity contribution in [2.24, 2.45) is 0 Å². The molecule has 2 aromatic heterocycles. The van der Waals surface area contributed by atoms with Crippen molar-refractivity contribution in [3.8, 4) is 11.5 Å². The van der Waals surface area contributed by atoms with Gasteiger partial charge < -0.3 is 14.2 Å². The molecule has 4 aromatic rings. The fourth-order valence-electron chi connectivity index (χ4n) is 2.71. The topological polar surface area (TPSA) is 85.3 Å². The average molecular weight is 394 g/mol. The molecule has 0 radical (unpaired) electrons. The van der Waals surface area contributed by atoms with Crippen LogP contribution in [0.2, 0.25) is 0 Å². The summed E-state index contributed by atoms with van der Waals surface area (Å²) in [5.41, 5.74) is 1.66. The molecule has 2 heterocycles. The van der Waals surface area contributed by atoms with Crippen LogP contribution in [-0.2, 0) is 16.4 Å². The maximum atomic E-state index is 13.2. The van der Waals surface area contributed by atoms with Crippen LogP contribution in [0, 0.1) is 6.92 Å². The second kappa shape index (κ2) is 7.36. The second-order valence-corrected chi connectivity index (χ2v) is 8.13. The molecule has 0 amide bonds. The zero-order chi connectivity index (χ0) is 19.6. The Kier molecular flexibility index (Phi) is 4.75. The monoisotopic (exact) mass is 394 g/mol. The van der Waals surface area contributed by atoms with Crippen molar-refractivity contribution >= 4 is 15.7 Å². The lowest BCUT2D eigenvalue weighted by molar-refractivity contribution is 0.511. The molecule has 4 rings (SSSR count). The molecule has 0 saturated heterocycles. The van der Waals surface area contributed by atoms with Gasteiger partial charge in [0.1, 0.15) is 5.76 Å². The fourth-order valence-corrected chi connectivity index (χ4v) is 3.99. The Labute approximate surface area is 162 Å². The van der Waals surface area contributed by atoms with Gasteiger partial charge in [0.05, 0.1) is 17.7 Å². The second-order valence-electron chi connectivity index (χ2n) is 6.27. The van der Waals surface area contributed by atoms with Gasteiger partial charge in [0.2, 0.25) is 26.6 Å². The van der Waals surface area contributed by atoms with Crippen LogP contribution < -0.4 is 5.32 Å². The van der Waals surface area contributed by atoms with E-state index in [0.717, 1.165) is 5.56 Å². The Hall–Kier alpha value is -3.32. The van der Waals surface area contributed by atoms with Crippen molar-refractivity contribution in [2.45, 2.75) is 23.4 Å². The molecule has 28 heavy (non-hydrogen) atoms. The first kappa shape index (κ1) is 18.1. The molecule has 0 bridgehead atoms. The van der Waals surface area contributed by atoms with E-state index in [9.17, 15) is 8.42 Å². The first-order chi connectivity index (χ1) is 13.5. The van der Waals surface area contributed by atoms with Crippen molar-refractivity contribution in [3.05, 3.63) is 84.3 Å². The Balaban J connectivity index is 1.77. The van der Waals surface area contributed by atoms with E-state index in [2.05, 4.69) is 10.3 Å². The van der Waals surface area contributed by atoms with Gasteiger partial charge in [-0.15, -0.1) is 0 Å². The van der Waals surface area contributed by atoms with Crippen LogP contribution in [0.15, 0.2) is 91.7 Å². The number of hydrogen-bond donors (Lipinski definition) is 1. The molecule has 0 aliphatic heterocycles. The highest BCUT2D eigenvalue weighted by Gasteiger charge is 2.28. The predicted octanol–water partition coefficient (Wildman–Crippen LogP) is 4.69. The number of rotatable bonds is 6. The summed E-state index contributed by atoms with van der Waals surface area (Å²) in [6.45, 7) is 2.17. The summed E-state index contributed by atoms with van der Waals surface area (Å²) in [7, 11) is -3.86. The minimum Gasteiger partial charge on any atom is -0.467 e. The Morgan fingerprint density at radius 3 is 2.39 bits per heavy atom. The third kappa shape index (κ3) is 3.57. The minimum atomic E-state index is -3.86. The van der Waals surface area contributed by atoms with E-state index in [0.29, 0.717) is 11.3 Å². The van der Waals surface area contributed by atoms with Crippen LogP contribution in [0.4, 0.5) is 5.88 Å². The SMILES string of the molecule is Cc1ccc(S(=O)(=O)c2nc(-c3ccccc3)oc2NCc2ccco2)cc1. The van der Waals surface area contributed by atoms with E-state index < -0.39 is 9.84 Å². The van der Waals surface area contributed by atoms with E-state index in [1.165, 1.54) is 0 Å². The summed E-state index contributed by atoms with van der Waals surface area (Å²) in [6, 6.07) is 19.3. The highest BCUT2D eigenvalue weighted by molar-refractivity contribution is 7.91. The van der Waals surface area contributed by atoms with Crippen LogP contribution in [-0.4, -0.2) is 13.4 Å². The smallest absolute Gasteiger partial charge is 0.234 e. The molecule has 0 saturated carbocycles. The lowest BCUT2D eigenvalue weighted by atomic mass is 10.2. The third-order valence-corrected chi connectivity index (χ3v) is 5.88. The number of nitrogens with zero attached hydrogens (tertiary/aromatic N) is 1. The maximum Gasteiger partial charge on any atom is 0.234 e. The lowest BCUT2D eigenvalue weighted by Crippen LogP contribution is -2.07. The van der Waals surface area contributed by atoms with Crippen LogP contribution >= 0.6 is 0 Å². The van der Waals surface area contributed by atoms with Gasteiger partial charge in [0, 0.05) is 5.56 Å². The van der Waals surface area contributed by atoms with Crippen LogP contribution in [0.3, 0.4) is 0 Å². The van der Waals surface area contributed by atoms with Gasteiger partial charge in [-0.1, -0.05) is 35.9 Å². The molecular formula is C21H18N2O4S. The van der Waals surface area contributed by atoms with Gasteiger partial charge in [0.25, 0.3) is 0 Å². The number of sulfone groups is 1. The van der Waals surface area contributed by atoms with E-state index in [1.807, 2.05) is 37.3 Å². The first-order valence-corrected chi connectivity index (χ1v) is 10.2. The van der Waals surface area contributed by atoms with Crippen LogP contribution in [0.5, 0.6) is 0 Å². The third-order valence-electron chi connectivity index (χ3n) is 4.21. The summed E-state index contributed by atoms with van der Waals surface area (Å²) in [5.74, 6) is 0.959. The molecule has 7 heteroatoms. The van der Waals surface area contributed by atoms with Crippen molar-refractivity contribution < 1.29 is 17.3 Å². The van der Waals surface area contributed by atoms with E-state index >= 15 is 0 Å². The van der Waals surface area contributed by atoms with Gasteiger partial charge in [-0.2, -0.15) is 4.98 Å². The average Bonchev–Trinajstić information content (AvgIpc) is 3.37. The lowest BCUT2D eigenvalue weighted by Gasteiger charge is -2.05. The number of anilines is 1. The summed E-state index contributed by atoms with van der Waals surface area (Å²) in [4.78, 5) is 4.46. The van der Waals surface area contributed by atoms with Crippen molar-refractivity contribution in [1.82, 2.24) is 4.98 Å². The van der Waals surface area contributed by atoms with Gasteiger partial charge in [-0.25, -0.2) is 8.42 Å². The van der Waals surface area contributed by atoms with Crippen molar-refractivity contribution in [3.63, 3.8) is 0 Å². The molecule has 0 unspecified atom stereocenters. The summed E-state index contributed by atoms with van der Waals surface area (Å²) in [6.07, 6.45) is 1.55. The molecule has 0 atom stereocenters. The Bertz CT molecular complexity index is 1160. The van der Waals surface area contributed by atoms with Gasteiger partial charge in [-0.05, 0) is 43.3 Å². The minimum absolute atomic E-state index is 0.0795. The zero-order valence-corrected chi connectivity index (χ0v) is 15.9. The number of nitrogens with one attached hydrogen (secondary N) is 1. The van der Waals surface area contributed by atoms with Gasteiger partial charge in [-0.3, -0.25) is 0 Å². The molecule has 0 aliphatic carbocycles.